The molecule has 0 radical (unpaired) electrons. The van der Waals surface area contributed by atoms with Crippen LogP contribution in [0.3, 0.4) is 0 Å². The topological polar surface area (TPSA) is 68.0 Å². The van der Waals surface area contributed by atoms with Crippen molar-refractivity contribution in [3.63, 3.8) is 0 Å². The molecule has 1 aromatic heterocycles. The van der Waals surface area contributed by atoms with E-state index in [1.807, 2.05) is 32.9 Å². The average Bonchev–Trinajstić information content (AvgIpc) is 2.25. The fraction of sp³-hybridized carbons (Fsp3) is 0.500. The molecular formula is C12H19N3O. The zero-order valence-corrected chi connectivity index (χ0v) is 10.0. The summed E-state index contributed by atoms with van der Waals surface area (Å²) in [4.78, 5) is 15.8. The summed E-state index contributed by atoms with van der Waals surface area (Å²) in [6.45, 7) is 6.41. The first-order valence-electron chi connectivity index (χ1n) is 5.47. The number of carbonyl (C=O) groups is 1. The third kappa shape index (κ3) is 3.31. The third-order valence-electron chi connectivity index (χ3n) is 2.58. The molecule has 1 rings (SSSR count). The van der Waals surface area contributed by atoms with Gasteiger partial charge in [0.15, 0.2) is 0 Å². The molecule has 1 atom stereocenters. The Morgan fingerprint density at radius 2 is 2.25 bits per heavy atom. The molecule has 1 unspecified atom stereocenters. The van der Waals surface area contributed by atoms with Crippen LogP contribution in [-0.4, -0.2) is 23.5 Å². The zero-order valence-electron chi connectivity index (χ0n) is 10.0. The lowest BCUT2D eigenvalue weighted by atomic mass is 10.1. The monoisotopic (exact) mass is 221 g/mol. The van der Waals surface area contributed by atoms with E-state index in [-0.39, 0.29) is 11.9 Å². The summed E-state index contributed by atoms with van der Waals surface area (Å²) in [5.74, 6) is 0.194. The van der Waals surface area contributed by atoms with Gasteiger partial charge in [0.25, 0.3) is 5.91 Å². The second kappa shape index (κ2) is 5.61. The number of nitrogens with two attached hydrogens (primary N) is 1. The van der Waals surface area contributed by atoms with Crippen molar-refractivity contribution < 1.29 is 4.79 Å². The average molecular weight is 221 g/mol. The van der Waals surface area contributed by atoms with Crippen LogP contribution in [-0.2, 0) is 0 Å². The molecule has 88 valence electrons. The molecule has 1 aromatic rings. The van der Waals surface area contributed by atoms with Gasteiger partial charge in [0.1, 0.15) is 5.69 Å². The summed E-state index contributed by atoms with van der Waals surface area (Å²) in [5.41, 5.74) is 7.19. The highest BCUT2D eigenvalue weighted by Crippen LogP contribution is 2.03. The second-order valence-corrected chi connectivity index (χ2v) is 4.29. The summed E-state index contributed by atoms with van der Waals surface area (Å²) in [5, 5.41) is 2.79. The van der Waals surface area contributed by atoms with E-state index in [0.717, 1.165) is 5.56 Å². The number of rotatable bonds is 4. The fourth-order valence-electron chi connectivity index (χ4n) is 1.25. The number of hydrogen-bond donors (Lipinski definition) is 2. The Bertz CT molecular complexity index is 363. The molecule has 4 nitrogen and oxygen atoms in total. The molecule has 0 aliphatic heterocycles. The predicted molar refractivity (Wildman–Crippen MR) is 64.1 cm³/mol. The predicted octanol–water partition coefficient (Wildman–Crippen LogP) is 1.10. The van der Waals surface area contributed by atoms with Gasteiger partial charge in [-0.2, -0.15) is 0 Å². The van der Waals surface area contributed by atoms with Crippen molar-refractivity contribution in [1.29, 1.82) is 0 Å². The van der Waals surface area contributed by atoms with Crippen LogP contribution >= 0.6 is 0 Å². The van der Waals surface area contributed by atoms with Crippen molar-refractivity contribution >= 4 is 5.91 Å². The number of carbonyl (C=O) groups excluding carboxylic acids is 1. The molecule has 0 aromatic carbocycles. The summed E-state index contributed by atoms with van der Waals surface area (Å²) < 4.78 is 0. The minimum Gasteiger partial charge on any atom is -0.349 e. The minimum atomic E-state index is -0.158. The quantitative estimate of drug-likeness (QED) is 0.800. The molecule has 0 spiro atoms. The van der Waals surface area contributed by atoms with E-state index >= 15 is 0 Å². The van der Waals surface area contributed by atoms with Crippen molar-refractivity contribution in [2.45, 2.75) is 26.8 Å². The van der Waals surface area contributed by atoms with Gasteiger partial charge in [-0.25, -0.2) is 0 Å². The highest BCUT2D eigenvalue weighted by molar-refractivity contribution is 5.93. The SMILES string of the molecule is Cc1cccnc1C(=O)NCC(N)C(C)C. The van der Waals surface area contributed by atoms with Crippen molar-refractivity contribution in [2.75, 3.05) is 6.54 Å². The van der Waals surface area contributed by atoms with Gasteiger partial charge in [0.05, 0.1) is 0 Å². The van der Waals surface area contributed by atoms with E-state index in [0.29, 0.717) is 18.2 Å². The van der Waals surface area contributed by atoms with E-state index < -0.39 is 0 Å². The smallest absolute Gasteiger partial charge is 0.270 e. The second-order valence-electron chi connectivity index (χ2n) is 4.29. The first-order chi connectivity index (χ1) is 7.52. The van der Waals surface area contributed by atoms with Crippen molar-refractivity contribution in [3.05, 3.63) is 29.6 Å². The van der Waals surface area contributed by atoms with Crippen LogP contribution in [0, 0.1) is 12.8 Å². The number of nitrogens with one attached hydrogen (secondary N) is 1. The van der Waals surface area contributed by atoms with Crippen molar-refractivity contribution in [1.82, 2.24) is 10.3 Å². The first-order valence-corrected chi connectivity index (χ1v) is 5.47. The molecule has 0 fully saturated rings. The van der Waals surface area contributed by atoms with Crippen LogP contribution in [0.1, 0.15) is 29.9 Å². The van der Waals surface area contributed by atoms with Gasteiger partial charge in [-0.1, -0.05) is 19.9 Å². The third-order valence-corrected chi connectivity index (χ3v) is 2.58. The summed E-state index contributed by atoms with van der Waals surface area (Å²) in [7, 11) is 0. The molecular weight excluding hydrogens is 202 g/mol. The van der Waals surface area contributed by atoms with E-state index in [9.17, 15) is 4.79 Å². The highest BCUT2D eigenvalue weighted by Gasteiger charge is 2.12. The molecule has 1 heterocycles. The number of aryl methyl sites for hydroxylation is 1. The number of nitrogens with zero attached hydrogens (tertiary/aromatic N) is 1. The lowest BCUT2D eigenvalue weighted by molar-refractivity contribution is 0.0943. The molecule has 1 amide bonds. The lowest BCUT2D eigenvalue weighted by Crippen LogP contribution is -2.40. The molecule has 0 aliphatic carbocycles. The number of hydrogen-bond acceptors (Lipinski definition) is 3. The van der Waals surface area contributed by atoms with Crippen LogP contribution in [0.2, 0.25) is 0 Å². The summed E-state index contributed by atoms with van der Waals surface area (Å²) in [6.07, 6.45) is 1.62. The van der Waals surface area contributed by atoms with Gasteiger partial charge >= 0.3 is 0 Å². The Morgan fingerprint density at radius 1 is 1.56 bits per heavy atom. The maximum Gasteiger partial charge on any atom is 0.270 e. The molecule has 0 aliphatic rings. The summed E-state index contributed by atoms with van der Waals surface area (Å²) in [6, 6.07) is 3.66. The van der Waals surface area contributed by atoms with Gasteiger partial charge in [-0.3, -0.25) is 9.78 Å². The van der Waals surface area contributed by atoms with Gasteiger partial charge in [0.2, 0.25) is 0 Å². The number of pyridine rings is 1. The first kappa shape index (κ1) is 12.6. The molecule has 0 saturated carbocycles. The molecule has 16 heavy (non-hydrogen) atoms. The molecule has 0 bridgehead atoms. The van der Waals surface area contributed by atoms with Crippen LogP contribution in [0.15, 0.2) is 18.3 Å². The Kier molecular flexibility index (Phi) is 4.43. The Hall–Kier alpha value is -1.42. The fourth-order valence-corrected chi connectivity index (χ4v) is 1.25. The van der Waals surface area contributed by atoms with Crippen LogP contribution in [0.4, 0.5) is 0 Å². The number of amides is 1. The van der Waals surface area contributed by atoms with Crippen LogP contribution < -0.4 is 11.1 Å². The Balaban J connectivity index is 2.57. The van der Waals surface area contributed by atoms with E-state index in [1.165, 1.54) is 0 Å². The van der Waals surface area contributed by atoms with Crippen molar-refractivity contribution in [3.8, 4) is 0 Å². The molecule has 3 N–H and O–H groups in total. The molecule has 0 saturated heterocycles. The van der Waals surface area contributed by atoms with Gasteiger partial charge < -0.3 is 11.1 Å². The maximum atomic E-state index is 11.8. The van der Waals surface area contributed by atoms with Crippen LogP contribution in [0.5, 0.6) is 0 Å². The zero-order chi connectivity index (χ0) is 12.1. The largest absolute Gasteiger partial charge is 0.349 e. The lowest BCUT2D eigenvalue weighted by Gasteiger charge is -2.16. The van der Waals surface area contributed by atoms with Gasteiger partial charge in [-0.05, 0) is 24.5 Å². The highest BCUT2D eigenvalue weighted by atomic mass is 16.1. The number of aromatic nitrogens is 1. The normalized spacial score (nSPS) is 12.6. The standard InChI is InChI=1S/C12H19N3O/c1-8(2)10(13)7-15-12(16)11-9(3)5-4-6-14-11/h4-6,8,10H,7,13H2,1-3H3,(H,15,16). The molecule has 4 heteroatoms. The van der Waals surface area contributed by atoms with E-state index in [1.54, 1.807) is 6.20 Å². The minimum absolute atomic E-state index is 0.0204. The van der Waals surface area contributed by atoms with E-state index in [2.05, 4.69) is 10.3 Å². The Labute approximate surface area is 96.3 Å². The van der Waals surface area contributed by atoms with Gasteiger partial charge in [-0.15, -0.1) is 0 Å². The van der Waals surface area contributed by atoms with Crippen molar-refractivity contribution in [2.24, 2.45) is 11.7 Å². The Morgan fingerprint density at radius 3 is 2.81 bits per heavy atom. The van der Waals surface area contributed by atoms with Crippen LogP contribution in [0.25, 0.3) is 0 Å². The summed E-state index contributed by atoms with van der Waals surface area (Å²) >= 11 is 0. The van der Waals surface area contributed by atoms with Gasteiger partial charge in [0, 0.05) is 18.8 Å². The maximum absolute atomic E-state index is 11.8. The van der Waals surface area contributed by atoms with E-state index in [4.69, 9.17) is 5.73 Å².